The average Bonchev–Trinajstić information content (AvgIpc) is 3.35. The fraction of sp³-hybridized carbons (Fsp3) is 0.462. The van der Waals surface area contributed by atoms with E-state index in [2.05, 4.69) is 34.9 Å². The molecular formula is C26H31N9O3. The largest absolute Gasteiger partial charge is 0.473 e. The molecule has 4 aromatic heterocycles. The van der Waals surface area contributed by atoms with Crippen LogP contribution in [0.1, 0.15) is 31.7 Å². The highest BCUT2D eigenvalue weighted by Gasteiger charge is 2.27. The van der Waals surface area contributed by atoms with Crippen molar-refractivity contribution in [1.29, 1.82) is 0 Å². The number of rotatable bonds is 6. The van der Waals surface area contributed by atoms with Gasteiger partial charge in [-0.3, -0.25) is 9.48 Å². The molecule has 1 aliphatic carbocycles. The Labute approximate surface area is 219 Å². The molecule has 38 heavy (non-hydrogen) atoms. The van der Waals surface area contributed by atoms with Gasteiger partial charge in [-0.15, -0.1) is 5.10 Å². The molecule has 0 unspecified atom stereocenters. The molecule has 6 rings (SSSR count). The van der Waals surface area contributed by atoms with Crippen LogP contribution in [0.25, 0.3) is 22.2 Å². The van der Waals surface area contributed by atoms with Gasteiger partial charge in [0, 0.05) is 74.9 Å². The van der Waals surface area contributed by atoms with Gasteiger partial charge < -0.3 is 19.7 Å². The lowest BCUT2D eigenvalue weighted by Gasteiger charge is -2.29. The van der Waals surface area contributed by atoms with Crippen LogP contribution < -0.4 is 20.5 Å². The van der Waals surface area contributed by atoms with E-state index in [9.17, 15) is 4.79 Å². The molecule has 1 N–H and O–H groups in total. The van der Waals surface area contributed by atoms with Crippen LogP contribution >= 0.6 is 0 Å². The fourth-order valence-corrected chi connectivity index (χ4v) is 5.15. The maximum absolute atomic E-state index is 11.6. The highest BCUT2D eigenvalue weighted by atomic mass is 16.5. The van der Waals surface area contributed by atoms with E-state index < -0.39 is 0 Å². The number of nitrogens with one attached hydrogen (secondary N) is 1. The Morgan fingerprint density at radius 3 is 2.47 bits per heavy atom. The van der Waals surface area contributed by atoms with E-state index in [4.69, 9.17) is 14.6 Å². The van der Waals surface area contributed by atoms with E-state index in [0.717, 1.165) is 66.8 Å². The second-order valence-corrected chi connectivity index (χ2v) is 9.68. The van der Waals surface area contributed by atoms with Gasteiger partial charge in [-0.25, -0.2) is 19.6 Å². The van der Waals surface area contributed by atoms with Gasteiger partial charge in [0.1, 0.15) is 17.6 Å². The van der Waals surface area contributed by atoms with Crippen LogP contribution in [0.5, 0.6) is 5.88 Å². The molecule has 0 bridgehead atoms. The van der Waals surface area contributed by atoms with Crippen molar-refractivity contribution in [3.8, 4) is 17.1 Å². The number of hydrogen-bond donors (Lipinski definition) is 1. The molecule has 0 amide bonds. The lowest BCUT2D eigenvalue weighted by Crippen LogP contribution is -2.37. The van der Waals surface area contributed by atoms with Crippen molar-refractivity contribution in [2.24, 2.45) is 7.05 Å². The number of nitrogens with zero attached hydrogens (tertiary/aromatic N) is 8. The van der Waals surface area contributed by atoms with Crippen molar-refractivity contribution >= 4 is 22.7 Å². The van der Waals surface area contributed by atoms with Gasteiger partial charge in [0.05, 0.1) is 24.8 Å². The minimum Gasteiger partial charge on any atom is -0.473 e. The van der Waals surface area contributed by atoms with Crippen LogP contribution in [0, 0.1) is 0 Å². The lowest BCUT2D eigenvalue weighted by atomic mass is 9.93. The zero-order valence-corrected chi connectivity index (χ0v) is 21.6. The van der Waals surface area contributed by atoms with Crippen LogP contribution in [-0.2, 0) is 11.8 Å². The van der Waals surface area contributed by atoms with Crippen molar-refractivity contribution in [3.63, 3.8) is 0 Å². The second-order valence-electron chi connectivity index (χ2n) is 9.68. The Balaban J connectivity index is 1.24. The van der Waals surface area contributed by atoms with Crippen molar-refractivity contribution < 1.29 is 9.47 Å². The molecule has 4 aromatic rings. The van der Waals surface area contributed by atoms with Crippen molar-refractivity contribution in [1.82, 2.24) is 34.5 Å². The molecule has 2 aliphatic rings. The molecule has 2 fully saturated rings. The first kappa shape index (κ1) is 24.3. The molecule has 5 heterocycles. The summed E-state index contributed by atoms with van der Waals surface area (Å²) in [4.78, 5) is 27.6. The van der Waals surface area contributed by atoms with Crippen molar-refractivity contribution in [3.05, 3.63) is 47.1 Å². The number of hydrogen-bond acceptors (Lipinski definition) is 10. The van der Waals surface area contributed by atoms with Gasteiger partial charge in [-0.05, 0) is 25.7 Å². The van der Waals surface area contributed by atoms with Crippen LogP contribution in [0.2, 0.25) is 0 Å². The highest BCUT2D eigenvalue weighted by Crippen LogP contribution is 2.36. The van der Waals surface area contributed by atoms with Gasteiger partial charge >= 0.3 is 0 Å². The molecule has 0 aromatic carbocycles. The number of ether oxygens (including phenoxy) is 2. The molecule has 0 radical (unpaired) electrons. The summed E-state index contributed by atoms with van der Waals surface area (Å²) in [6, 6.07) is 5.39. The third kappa shape index (κ3) is 4.78. The predicted molar refractivity (Wildman–Crippen MR) is 143 cm³/mol. The summed E-state index contributed by atoms with van der Waals surface area (Å²) in [5.41, 5.74) is 2.57. The van der Waals surface area contributed by atoms with Crippen LogP contribution in [-0.4, -0.2) is 74.0 Å². The Morgan fingerprint density at radius 2 is 1.76 bits per heavy atom. The summed E-state index contributed by atoms with van der Waals surface area (Å²) in [6.45, 7) is 2.96. The van der Waals surface area contributed by atoms with Crippen molar-refractivity contribution in [2.45, 2.75) is 37.8 Å². The quantitative estimate of drug-likeness (QED) is 0.408. The lowest BCUT2D eigenvalue weighted by molar-refractivity contribution is 0.122. The minimum atomic E-state index is -0.154. The predicted octanol–water partition coefficient (Wildman–Crippen LogP) is 2.42. The maximum atomic E-state index is 11.6. The van der Waals surface area contributed by atoms with E-state index in [-0.39, 0.29) is 17.7 Å². The first-order valence-corrected chi connectivity index (χ1v) is 13.0. The first-order valence-electron chi connectivity index (χ1n) is 13.0. The number of fused-ring (bicyclic) bond motifs is 1. The van der Waals surface area contributed by atoms with Gasteiger partial charge in [0.2, 0.25) is 11.8 Å². The number of anilines is 2. The highest BCUT2D eigenvalue weighted by molar-refractivity contribution is 5.93. The number of aromatic nitrogens is 7. The standard InChI is InChI=1S/C26H31N9O3/c1-27-22-13-21-20(16-28-22)25(17-14-29-26(30-15-17)34-9-11-37-12-10-34)32-35(21)18-3-5-19(6-4-18)38-23-7-8-24(36)33(2)31-23/h7-8,13-16,18-19H,3-6,9-12H2,1-2H3,(H,27,28). The Bertz CT molecular complexity index is 1470. The summed E-state index contributed by atoms with van der Waals surface area (Å²) in [7, 11) is 3.49. The van der Waals surface area contributed by atoms with Gasteiger partial charge in [-0.1, -0.05) is 0 Å². The summed E-state index contributed by atoms with van der Waals surface area (Å²) < 4.78 is 15.0. The molecule has 12 heteroatoms. The Hall–Kier alpha value is -4.06. The SMILES string of the molecule is CNc1cc2c(cn1)c(-c1cnc(N3CCOCC3)nc1)nn2C1CCC(Oc2ccc(=O)n(C)n2)CC1. The fourth-order valence-electron chi connectivity index (χ4n) is 5.15. The molecule has 1 saturated carbocycles. The normalized spacial score (nSPS) is 20.0. The topological polar surface area (TPSA) is 125 Å². The monoisotopic (exact) mass is 517 g/mol. The van der Waals surface area contributed by atoms with Gasteiger partial charge in [-0.2, -0.15) is 5.10 Å². The van der Waals surface area contributed by atoms with Crippen LogP contribution in [0.3, 0.4) is 0 Å². The number of morpholine rings is 1. The number of aryl methyl sites for hydroxylation is 1. The average molecular weight is 518 g/mol. The van der Waals surface area contributed by atoms with Crippen molar-refractivity contribution in [2.75, 3.05) is 43.6 Å². The third-order valence-corrected chi connectivity index (χ3v) is 7.27. The summed E-state index contributed by atoms with van der Waals surface area (Å²) >= 11 is 0. The molecule has 0 atom stereocenters. The third-order valence-electron chi connectivity index (χ3n) is 7.27. The van der Waals surface area contributed by atoms with E-state index >= 15 is 0 Å². The van der Waals surface area contributed by atoms with Gasteiger partial charge in [0.25, 0.3) is 5.56 Å². The zero-order valence-electron chi connectivity index (χ0n) is 21.6. The van der Waals surface area contributed by atoms with Gasteiger partial charge in [0.15, 0.2) is 0 Å². The van der Waals surface area contributed by atoms with E-state index in [1.165, 1.54) is 10.7 Å². The number of pyridine rings is 1. The molecule has 198 valence electrons. The Morgan fingerprint density at radius 1 is 1.00 bits per heavy atom. The molecule has 1 aliphatic heterocycles. The van der Waals surface area contributed by atoms with Crippen LogP contribution in [0.4, 0.5) is 11.8 Å². The summed E-state index contributed by atoms with van der Waals surface area (Å²) in [5.74, 6) is 1.98. The first-order chi connectivity index (χ1) is 18.6. The summed E-state index contributed by atoms with van der Waals surface area (Å²) in [6.07, 6.45) is 9.18. The molecule has 1 saturated heterocycles. The second kappa shape index (κ2) is 10.4. The van der Waals surface area contributed by atoms with E-state index in [1.54, 1.807) is 13.1 Å². The summed E-state index contributed by atoms with van der Waals surface area (Å²) in [5, 5.41) is 13.4. The molecule has 12 nitrogen and oxygen atoms in total. The Kier molecular flexibility index (Phi) is 6.62. The van der Waals surface area contributed by atoms with E-state index in [1.807, 2.05) is 31.7 Å². The van der Waals surface area contributed by atoms with E-state index in [0.29, 0.717) is 25.0 Å². The molecular weight excluding hydrogens is 486 g/mol. The molecule has 0 spiro atoms. The van der Waals surface area contributed by atoms with Crippen LogP contribution in [0.15, 0.2) is 41.6 Å². The smallest absolute Gasteiger partial charge is 0.266 e. The zero-order chi connectivity index (χ0) is 26.1. The minimum absolute atomic E-state index is 0.0493. The maximum Gasteiger partial charge on any atom is 0.266 e.